The van der Waals surface area contributed by atoms with E-state index in [1.807, 2.05) is 0 Å². The second-order valence-electron chi connectivity index (χ2n) is 5.58. The zero-order valence-electron chi connectivity index (χ0n) is 14.1. The fourth-order valence-corrected chi connectivity index (χ4v) is 2.48. The molecule has 0 saturated carbocycles. The SMILES string of the molecule is COc1cc(C(C)=O)cc(OC)c1O[C@@H]1O[C@H](CO)[C@@H](O)[C@H](O)[C@H]1O. The standard InChI is InChI=1S/C16H22O9/c1-7(18)8-4-9(22-2)15(10(5-8)23-3)25-16-14(21)13(20)12(19)11(6-17)24-16/h4-5,11-14,16-17,19-21H,6H2,1-3H3/t11-,12-,13+,14-,16+/m1/s1. The van der Waals surface area contributed by atoms with E-state index in [0.29, 0.717) is 5.56 Å². The van der Waals surface area contributed by atoms with Gasteiger partial charge in [0.1, 0.15) is 24.4 Å². The topological polar surface area (TPSA) is 135 Å². The van der Waals surface area contributed by atoms with Crippen LogP contribution in [0.5, 0.6) is 17.2 Å². The normalized spacial score (nSPS) is 29.2. The molecule has 0 amide bonds. The van der Waals surface area contributed by atoms with Gasteiger partial charge in [-0.25, -0.2) is 0 Å². The molecule has 1 fully saturated rings. The molecule has 1 saturated heterocycles. The van der Waals surface area contributed by atoms with Crippen molar-refractivity contribution in [2.75, 3.05) is 20.8 Å². The van der Waals surface area contributed by atoms with Gasteiger partial charge in [-0.3, -0.25) is 4.79 Å². The third-order valence-electron chi connectivity index (χ3n) is 3.95. The summed E-state index contributed by atoms with van der Waals surface area (Å²) in [6, 6.07) is 2.87. The lowest BCUT2D eigenvalue weighted by molar-refractivity contribution is -0.277. The Morgan fingerprint density at radius 1 is 1.08 bits per heavy atom. The molecule has 0 bridgehead atoms. The van der Waals surface area contributed by atoms with Gasteiger partial charge in [-0.05, 0) is 19.1 Å². The molecule has 1 heterocycles. The van der Waals surface area contributed by atoms with Crippen LogP contribution in [0.2, 0.25) is 0 Å². The summed E-state index contributed by atoms with van der Waals surface area (Å²) in [5.74, 6) is 0.137. The molecule has 1 aromatic carbocycles. The number of carbonyl (C=O) groups excluding carboxylic acids is 1. The Balaban J connectivity index is 2.36. The van der Waals surface area contributed by atoms with Gasteiger partial charge < -0.3 is 39.4 Å². The number of carbonyl (C=O) groups is 1. The van der Waals surface area contributed by atoms with Gasteiger partial charge in [-0.2, -0.15) is 0 Å². The smallest absolute Gasteiger partial charge is 0.229 e. The highest BCUT2D eigenvalue weighted by Gasteiger charge is 2.45. The average molecular weight is 358 g/mol. The first-order chi connectivity index (χ1) is 11.8. The van der Waals surface area contributed by atoms with Crippen LogP contribution in [-0.2, 0) is 4.74 Å². The second kappa shape index (κ2) is 7.98. The minimum Gasteiger partial charge on any atom is -0.493 e. The highest BCUT2D eigenvalue weighted by Crippen LogP contribution is 2.40. The van der Waals surface area contributed by atoms with Crippen molar-refractivity contribution in [2.45, 2.75) is 37.6 Å². The van der Waals surface area contributed by atoms with E-state index in [-0.39, 0.29) is 23.0 Å². The molecule has 4 N–H and O–H groups in total. The molecule has 9 heteroatoms. The molecule has 1 aliphatic heterocycles. The summed E-state index contributed by atoms with van der Waals surface area (Å²) in [6.07, 6.45) is -7.17. The predicted molar refractivity (Wildman–Crippen MR) is 83.9 cm³/mol. The molecule has 0 aromatic heterocycles. The van der Waals surface area contributed by atoms with E-state index in [1.54, 1.807) is 0 Å². The zero-order valence-corrected chi connectivity index (χ0v) is 14.1. The lowest BCUT2D eigenvalue weighted by Crippen LogP contribution is -2.60. The molecule has 1 aliphatic rings. The molecular weight excluding hydrogens is 336 g/mol. The van der Waals surface area contributed by atoms with Crippen molar-refractivity contribution >= 4 is 5.78 Å². The van der Waals surface area contributed by atoms with E-state index in [4.69, 9.17) is 18.9 Å². The van der Waals surface area contributed by atoms with Crippen molar-refractivity contribution in [1.82, 2.24) is 0 Å². The third kappa shape index (κ3) is 3.86. The molecule has 0 aliphatic carbocycles. The molecule has 140 valence electrons. The van der Waals surface area contributed by atoms with E-state index < -0.39 is 37.3 Å². The van der Waals surface area contributed by atoms with Crippen LogP contribution in [0.25, 0.3) is 0 Å². The summed E-state index contributed by atoms with van der Waals surface area (Å²) >= 11 is 0. The predicted octanol–water partition coefficient (Wildman–Crippen LogP) is -0.915. The monoisotopic (exact) mass is 358 g/mol. The van der Waals surface area contributed by atoms with Crippen molar-refractivity contribution in [3.05, 3.63) is 17.7 Å². The molecule has 25 heavy (non-hydrogen) atoms. The Hall–Kier alpha value is -1.91. The number of hydrogen-bond acceptors (Lipinski definition) is 9. The van der Waals surface area contributed by atoms with Crippen molar-refractivity contribution in [3.8, 4) is 17.2 Å². The number of ether oxygens (including phenoxy) is 4. The van der Waals surface area contributed by atoms with Crippen LogP contribution < -0.4 is 14.2 Å². The van der Waals surface area contributed by atoms with Crippen LogP contribution >= 0.6 is 0 Å². The first-order valence-electron chi connectivity index (χ1n) is 7.58. The first-order valence-corrected chi connectivity index (χ1v) is 7.58. The Labute approximate surface area is 144 Å². The zero-order chi connectivity index (χ0) is 18.7. The summed E-state index contributed by atoms with van der Waals surface area (Å²) in [7, 11) is 2.72. The first kappa shape index (κ1) is 19.4. The Morgan fingerprint density at radius 3 is 2.08 bits per heavy atom. The van der Waals surface area contributed by atoms with E-state index in [0.717, 1.165) is 0 Å². The quantitative estimate of drug-likeness (QED) is 0.476. The summed E-state index contributed by atoms with van der Waals surface area (Å²) in [6.45, 7) is 0.800. The van der Waals surface area contributed by atoms with Crippen molar-refractivity contribution in [2.24, 2.45) is 0 Å². The van der Waals surface area contributed by atoms with E-state index in [9.17, 15) is 25.2 Å². The molecule has 0 radical (unpaired) electrons. The summed E-state index contributed by atoms with van der Waals surface area (Å²) in [4.78, 5) is 11.6. The van der Waals surface area contributed by atoms with Crippen LogP contribution in [0.1, 0.15) is 17.3 Å². The molecule has 9 nitrogen and oxygen atoms in total. The number of Topliss-reactive ketones (excluding diaryl/α,β-unsaturated/α-hetero) is 1. The number of hydrogen-bond donors (Lipinski definition) is 4. The maximum absolute atomic E-state index is 11.6. The summed E-state index contributed by atoms with van der Waals surface area (Å²) < 4.78 is 21.3. The number of benzene rings is 1. The van der Waals surface area contributed by atoms with Gasteiger partial charge in [-0.1, -0.05) is 0 Å². The Morgan fingerprint density at radius 2 is 1.64 bits per heavy atom. The number of aliphatic hydroxyl groups is 4. The highest BCUT2D eigenvalue weighted by molar-refractivity contribution is 5.95. The van der Waals surface area contributed by atoms with Gasteiger partial charge in [0.15, 0.2) is 17.3 Å². The van der Waals surface area contributed by atoms with Crippen molar-refractivity contribution in [1.29, 1.82) is 0 Å². The molecular formula is C16H22O9. The molecule has 2 rings (SSSR count). The number of ketones is 1. The summed E-state index contributed by atoms with van der Waals surface area (Å²) in [5, 5.41) is 38.9. The van der Waals surface area contributed by atoms with Gasteiger partial charge in [-0.15, -0.1) is 0 Å². The summed E-state index contributed by atoms with van der Waals surface area (Å²) in [5.41, 5.74) is 0.329. The second-order valence-corrected chi connectivity index (χ2v) is 5.58. The lowest BCUT2D eigenvalue weighted by atomic mass is 9.99. The largest absolute Gasteiger partial charge is 0.493 e. The fourth-order valence-electron chi connectivity index (χ4n) is 2.48. The molecule has 0 spiro atoms. The highest BCUT2D eigenvalue weighted by atomic mass is 16.7. The number of aliphatic hydroxyl groups excluding tert-OH is 4. The van der Waals surface area contributed by atoms with Crippen LogP contribution in [-0.4, -0.2) is 77.7 Å². The van der Waals surface area contributed by atoms with Crippen molar-refractivity contribution in [3.63, 3.8) is 0 Å². The average Bonchev–Trinajstić information content (AvgIpc) is 2.61. The number of methoxy groups -OCH3 is 2. The molecule has 0 unspecified atom stereocenters. The van der Waals surface area contributed by atoms with Crippen molar-refractivity contribution < 1.29 is 44.2 Å². The lowest BCUT2D eigenvalue weighted by Gasteiger charge is -2.39. The fraction of sp³-hybridized carbons (Fsp3) is 0.562. The molecule has 5 atom stereocenters. The Bertz CT molecular complexity index is 591. The van der Waals surface area contributed by atoms with E-state index >= 15 is 0 Å². The van der Waals surface area contributed by atoms with Crippen LogP contribution in [0.15, 0.2) is 12.1 Å². The minimum atomic E-state index is -1.58. The van der Waals surface area contributed by atoms with Crippen LogP contribution in [0.3, 0.4) is 0 Å². The van der Waals surface area contributed by atoms with E-state index in [1.165, 1.54) is 33.3 Å². The molecule has 1 aromatic rings. The Kier molecular flexibility index (Phi) is 6.20. The van der Waals surface area contributed by atoms with Gasteiger partial charge >= 0.3 is 0 Å². The maximum Gasteiger partial charge on any atom is 0.229 e. The number of rotatable bonds is 6. The van der Waals surface area contributed by atoms with Gasteiger partial charge in [0.05, 0.1) is 20.8 Å². The van der Waals surface area contributed by atoms with Crippen LogP contribution in [0.4, 0.5) is 0 Å². The minimum absolute atomic E-state index is 0.0410. The van der Waals surface area contributed by atoms with Gasteiger partial charge in [0, 0.05) is 5.56 Å². The van der Waals surface area contributed by atoms with Gasteiger partial charge in [0.2, 0.25) is 12.0 Å². The van der Waals surface area contributed by atoms with E-state index in [2.05, 4.69) is 0 Å². The van der Waals surface area contributed by atoms with Gasteiger partial charge in [0.25, 0.3) is 0 Å². The van der Waals surface area contributed by atoms with Crippen LogP contribution in [0, 0.1) is 0 Å². The third-order valence-corrected chi connectivity index (χ3v) is 3.95. The maximum atomic E-state index is 11.6.